The molecule has 1 unspecified atom stereocenters. The minimum Gasteiger partial charge on any atom is -0.452 e. The van der Waals surface area contributed by atoms with Crippen LogP contribution in [0.2, 0.25) is 0 Å². The maximum absolute atomic E-state index is 12.6. The Morgan fingerprint density at radius 1 is 1.25 bits per heavy atom. The number of nitrogens with zero attached hydrogens (tertiary/aromatic N) is 1. The van der Waals surface area contributed by atoms with Crippen molar-refractivity contribution in [2.24, 2.45) is 0 Å². The molecule has 0 aliphatic rings. The number of alkyl halides is 3. The Bertz CT molecular complexity index is 800. The van der Waals surface area contributed by atoms with Crippen molar-refractivity contribution < 1.29 is 32.0 Å². The lowest BCUT2D eigenvalue weighted by atomic mass is 10.1. The van der Waals surface area contributed by atoms with Crippen LogP contribution >= 0.6 is 0 Å². The zero-order chi connectivity index (χ0) is 20.7. The second-order valence-corrected chi connectivity index (χ2v) is 6.30. The van der Waals surface area contributed by atoms with Gasteiger partial charge in [0.2, 0.25) is 0 Å². The van der Waals surface area contributed by atoms with Crippen LogP contribution in [0.3, 0.4) is 0 Å². The number of aromatic nitrogens is 1. The van der Waals surface area contributed by atoms with Crippen LogP contribution in [-0.2, 0) is 26.9 Å². The summed E-state index contributed by atoms with van der Waals surface area (Å²) in [4.78, 5) is 24.5. The van der Waals surface area contributed by atoms with E-state index < -0.39 is 29.7 Å². The molecule has 0 fully saturated rings. The van der Waals surface area contributed by atoms with E-state index in [1.54, 1.807) is 6.92 Å². The molecule has 0 saturated carbocycles. The lowest BCUT2D eigenvalue weighted by Gasteiger charge is -2.17. The largest absolute Gasteiger partial charge is 0.452 e. The van der Waals surface area contributed by atoms with Gasteiger partial charge in [-0.2, -0.15) is 13.2 Å². The average molecular weight is 398 g/mol. The zero-order valence-corrected chi connectivity index (χ0v) is 15.5. The number of anilines is 1. The number of carbonyl (C=O) groups is 2. The number of rotatable bonds is 8. The highest BCUT2D eigenvalue weighted by molar-refractivity contribution is 5.94. The molecule has 1 aromatic carbocycles. The van der Waals surface area contributed by atoms with Gasteiger partial charge in [0.15, 0.2) is 11.9 Å². The number of aryl methyl sites for hydroxylation is 1. The summed E-state index contributed by atoms with van der Waals surface area (Å²) in [7, 11) is 0. The van der Waals surface area contributed by atoms with Gasteiger partial charge in [0, 0.05) is 6.07 Å². The number of benzene rings is 1. The van der Waals surface area contributed by atoms with Crippen LogP contribution in [0.5, 0.6) is 0 Å². The Labute approximate surface area is 160 Å². The van der Waals surface area contributed by atoms with Crippen molar-refractivity contribution in [2.45, 2.75) is 51.8 Å². The van der Waals surface area contributed by atoms with Gasteiger partial charge < -0.3 is 14.6 Å². The molecular formula is C19H21F3N2O4. The maximum Gasteiger partial charge on any atom is 0.416 e. The Hall–Kier alpha value is -2.84. The number of esters is 1. The molecule has 9 heteroatoms. The monoisotopic (exact) mass is 398 g/mol. The van der Waals surface area contributed by atoms with Crippen molar-refractivity contribution in [1.82, 2.24) is 5.16 Å². The summed E-state index contributed by atoms with van der Waals surface area (Å²) in [6.07, 6.45) is -3.94. The molecule has 28 heavy (non-hydrogen) atoms. The first-order chi connectivity index (χ1) is 13.2. The summed E-state index contributed by atoms with van der Waals surface area (Å²) in [5, 5.41) is 6.17. The fourth-order valence-corrected chi connectivity index (χ4v) is 2.44. The molecule has 2 rings (SSSR count). The van der Waals surface area contributed by atoms with Crippen LogP contribution in [0, 0.1) is 6.92 Å². The summed E-state index contributed by atoms with van der Waals surface area (Å²) in [5.74, 6) is -0.516. The third-order valence-electron chi connectivity index (χ3n) is 3.89. The maximum atomic E-state index is 12.6. The van der Waals surface area contributed by atoms with Crippen molar-refractivity contribution in [2.75, 3.05) is 5.32 Å². The lowest BCUT2D eigenvalue weighted by molar-refractivity contribution is -0.154. The van der Waals surface area contributed by atoms with Crippen molar-refractivity contribution in [3.8, 4) is 0 Å². The SMILES string of the molecule is CCCCC(OC(=O)Cc1ccc(C(F)(F)F)cc1)C(=O)Nc1cc(C)on1. The smallest absolute Gasteiger partial charge is 0.416 e. The first-order valence-electron chi connectivity index (χ1n) is 8.79. The molecule has 1 atom stereocenters. The topological polar surface area (TPSA) is 81.4 Å². The predicted octanol–water partition coefficient (Wildman–Crippen LogP) is 4.29. The number of carbonyl (C=O) groups excluding carboxylic acids is 2. The van der Waals surface area contributed by atoms with E-state index in [9.17, 15) is 22.8 Å². The summed E-state index contributed by atoms with van der Waals surface area (Å²) in [5.41, 5.74) is -0.438. The molecule has 152 valence electrons. The Morgan fingerprint density at radius 3 is 2.46 bits per heavy atom. The summed E-state index contributed by atoms with van der Waals surface area (Å²) in [6.45, 7) is 3.60. The number of hydrogen-bond acceptors (Lipinski definition) is 5. The molecule has 2 aromatic rings. The van der Waals surface area contributed by atoms with E-state index in [1.807, 2.05) is 6.92 Å². The van der Waals surface area contributed by atoms with Gasteiger partial charge in [-0.15, -0.1) is 0 Å². The second kappa shape index (κ2) is 9.38. The van der Waals surface area contributed by atoms with Crippen molar-refractivity contribution in [3.63, 3.8) is 0 Å². The lowest BCUT2D eigenvalue weighted by Crippen LogP contribution is -2.33. The van der Waals surface area contributed by atoms with Crippen molar-refractivity contribution in [3.05, 3.63) is 47.2 Å². The molecule has 0 bridgehead atoms. The number of hydrogen-bond donors (Lipinski definition) is 1. The quantitative estimate of drug-likeness (QED) is 0.671. The molecule has 1 N–H and O–H groups in total. The number of nitrogens with one attached hydrogen (secondary N) is 1. The van der Waals surface area contributed by atoms with Crippen LogP contribution in [0.25, 0.3) is 0 Å². The van der Waals surface area contributed by atoms with Crippen LogP contribution in [0.15, 0.2) is 34.9 Å². The van der Waals surface area contributed by atoms with Gasteiger partial charge >= 0.3 is 12.1 Å². The summed E-state index contributed by atoms with van der Waals surface area (Å²) in [6, 6.07) is 5.75. The van der Waals surface area contributed by atoms with E-state index in [0.717, 1.165) is 18.6 Å². The molecule has 0 spiro atoms. The average Bonchev–Trinajstić information content (AvgIpc) is 3.03. The minimum absolute atomic E-state index is 0.211. The van der Waals surface area contributed by atoms with E-state index >= 15 is 0 Å². The van der Waals surface area contributed by atoms with Gasteiger partial charge in [-0.3, -0.25) is 9.59 Å². The van der Waals surface area contributed by atoms with Gasteiger partial charge in [-0.25, -0.2) is 0 Å². The fraction of sp³-hybridized carbons (Fsp3) is 0.421. The summed E-state index contributed by atoms with van der Waals surface area (Å²) >= 11 is 0. The molecule has 0 aliphatic carbocycles. The fourth-order valence-electron chi connectivity index (χ4n) is 2.44. The highest BCUT2D eigenvalue weighted by Gasteiger charge is 2.30. The third kappa shape index (κ3) is 6.40. The van der Waals surface area contributed by atoms with Gasteiger partial charge in [0.25, 0.3) is 5.91 Å². The number of ether oxygens (including phenoxy) is 1. The normalized spacial score (nSPS) is 12.5. The van der Waals surface area contributed by atoms with Gasteiger partial charge in [-0.1, -0.05) is 30.6 Å². The Balaban J connectivity index is 1.98. The standard InChI is InChI=1S/C19H21F3N2O4/c1-3-4-5-15(18(26)23-16-10-12(2)28-24-16)27-17(25)11-13-6-8-14(9-7-13)19(20,21)22/h6-10,15H,3-5,11H2,1-2H3,(H,23,24,26). The molecule has 0 saturated heterocycles. The van der Waals surface area contributed by atoms with Gasteiger partial charge in [0.1, 0.15) is 5.76 Å². The van der Waals surface area contributed by atoms with E-state index in [-0.39, 0.29) is 12.2 Å². The van der Waals surface area contributed by atoms with E-state index in [0.29, 0.717) is 24.2 Å². The Morgan fingerprint density at radius 2 is 1.93 bits per heavy atom. The van der Waals surface area contributed by atoms with E-state index in [2.05, 4.69) is 10.5 Å². The Kier molecular flexibility index (Phi) is 7.19. The van der Waals surface area contributed by atoms with Crippen molar-refractivity contribution in [1.29, 1.82) is 0 Å². The number of unbranched alkanes of at least 4 members (excludes halogenated alkanes) is 1. The van der Waals surface area contributed by atoms with Gasteiger partial charge in [-0.05, 0) is 37.5 Å². The third-order valence-corrected chi connectivity index (χ3v) is 3.89. The first kappa shape index (κ1) is 21.5. The van der Waals surface area contributed by atoms with Gasteiger partial charge in [0.05, 0.1) is 12.0 Å². The van der Waals surface area contributed by atoms with E-state index in [1.165, 1.54) is 18.2 Å². The molecule has 0 aliphatic heterocycles. The molecule has 6 nitrogen and oxygen atoms in total. The summed E-state index contributed by atoms with van der Waals surface area (Å²) < 4.78 is 47.9. The molecule has 1 aromatic heterocycles. The number of halogens is 3. The molecule has 1 heterocycles. The number of amides is 1. The molecule has 0 radical (unpaired) electrons. The first-order valence-corrected chi connectivity index (χ1v) is 8.79. The second-order valence-electron chi connectivity index (χ2n) is 6.30. The highest BCUT2D eigenvalue weighted by atomic mass is 19.4. The molecular weight excluding hydrogens is 377 g/mol. The zero-order valence-electron chi connectivity index (χ0n) is 15.5. The van der Waals surface area contributed by atoms with Crippen LogP contribution in [0.1, 0.15) is 43.1 Å². The highest BCUT2D eigenvalue weighted by Crippen LogP contribution is 2.29. The molecule has 1 amide bonds. The van der Waals surface area contributed by atoms with Crippen LogP contribution < -0.4 is 5.32 Å². The van der Waals surface area contributed by atoms with Crippen LogP contribution in [0.4, 0.5) is 19.0 Å². The minimum atomic E-state index is -4.44. The van der Waals surface area contributed by atoms with E-state index in [4.69, 9.17) is 9.26 Å². The predicted molar refractivity (Wildman–Crippen MR) is 94.4 cm³/mol. The van der Waals surface area contributed by atoms with Crippen LogP contribution in [-0.4, -0.2) is 23.1 Å². The van der Waals surface area contributed by atoms with Crippen molar-refractivity contribution >= 4 is 17.7 Å².